The lowest BCUT2D eigenvalue weighted by Crippen LogP contribution is -2.33. The minimum Gasteiger partial charge on any atom is -0.402 e. The first-order valence-electron chi connectivity index (χ1n) is 13.4. The second kappa shape index (κ2) is 10.8. The zero-order chi connectivity index (χ0) is 28.6. The summed E-state index contributed by atoms with van der Waals surface area (Å²) in [5.74, 6) is 0.239. The van der Waals surface area contributed by atoms with E-state index in [0.717, 1.165) is 41.8 Å². The number of aliphatic imine (C=N–C) groups is 1. The fourth-order valence-electron chi connectivity index (χ4n) is 5.16. The molecule has 4 heterocycles. The van der Waals surface area contributed by atoms with Crippen molar-refractivity contribution < 1.29 is 22.4 Å². The average Bonchev–Trinajstić information content (AvgIpc) is 3.38. The van der Waals surface area contributed by atoms with E-state index in [1.165, 1.54) is 0 Å². The number of nitrogens with one attached hydrogen (secondary N) is 1. The molecular formula is C30H27F3N6O2. The van der Waals surface area contributed by atoms with E-state index in [9.17, 15) is 18.0 Å². The highest BCUT2D eigenvalue weighted by atomic mass is 19.4. The molecule has 2 aliphatic rings. The Kier molecular flexibility index (Phi) is 7.02. The van der Waals surface area contributed by atoms with Crippen LogP contribution in [0.25, 0.3) is 11.6 Å². The van der Waals surface area contributed by atoms with Crippen molar-refractivity contribution >= 4 is 23.2 Å². The summed E-state index contributed by atoms with van der Waals surface area (Å²) in [6, 6.07) is 18.2. The molecule has 6 rings (SSSR count). The third-order valence-electron chi connectivity index (χ3n) is 7.45. The number of nitrogens with zero attached hydrogens (tertiary/aromatic N) is 5. The van der Waals surface area contributed by atoms with E-state index in [2.05, 4.69) is 27.4 Å². The Hall–Kier alpha value is -4.54. The Balaban J connectivity index is 1.33. The van der Waals surface area contributed by atoms with Gasteiger partial charge in [0.1, 0.15) is 0 Å². The van der Waals surface area contributed by atoms with Gasteiger partial charge < -0.3 is 14.6 Å². The van der Waals surface area contributed by atoms with Crippen LogP contribution in [0.5, 0.6) is 0 Å². The Bertz CT molecular complexity index is 1590. The molecule has 0 spiro atoms. The maximum atomic E-state index is 13.6. The van der Waals surface area contributed by atoms with Gasteiger partial charge in [-0.2, -0.15) is 13.2 Å². The van der Waals surface area contributed by atoms with Crippen molar-refractivity contribution in [1.82, 2.24) is 15.2 Å². The molecule has 8 nitrogen and oxygen atoms in total. The van der Waals surface area contributed by atoms with E-state index in [1.54, 1.807) is 0 Å². The minimum absolute atomic E-state index is 0.0496. The van der Waals surface area contributed by atoms with Crippen LogP contribution in [-0.4, -0.2) is 45.9 Å². The molecular weight excluding hydrogens is 533 g/mol. The summed E-state index contributed by atoms with van der Waals surface area (Å²) in [6.07, 6.45) is -2.95. The number of fused-ring (bicyclic) bond motifs is 1. The molecule has 1 atom stereocenters. The number of rotatable bonds is 5. The van der Waals surface area contributed by atoms with Crippen molar-refractivity contribution in [3.05, 3.63) is 89.1 Å². The predicted octanol–water partition coefficient (Wildman–Crippen LogP) is 5.79. The number of pyridine rings is 1. The van der Waals surface area contributed by atoms with Gasteiger partial charge in [-0.05, 0) is 30.4 Å². The summed E-state index contributed by atoms with van der Waals surface area (Å²) in [5.41, 5.74) is 2.80. The summed E-state index contributed by atoms with van der Waals surface area (Å²) < 4.78 is 46.5. The standard InChI is InChI=1S/C30H27F3N6O2/c1-18-11-13-39(14-12-18)23-16-21(30(31,32)33)17-34-26(23)28-37-38-29(41-28)36-27-24(40)15-20-9-5-6-10-22(20)25(35-27)19-7-3-2-4-8-19/h2-10,16-18,27H,11-15H2,1H3,(H,36,38). The number of Topliss-reactive ketones (excluding diaryl/α,β-unsaturated/α-hetero) is 1. The molecule has 2 aromatic heterocycles. The third-order valence-corrected chi connectivity index (χ3v) is 7.45. The number of ketones is 1. The van der Waals surface area contributed by atoms with Crippen LogP contribution < -0.4 is 10.2 Å². The van der Waals surface area contributed by atoms with Crippen LogP contribution in [0.15, 0.2) is 76.3 Å². The maximum Gasteiger partial charge on any atom is 0.417 e. The van der Waals surface area contributed by atoms with E-state index in [-0.39, 0.29) is 35.5 Å². The molecule has 210 valence electrons. The lowest BCUT2D eigenvalue weighted by molar-refractivity contribution is -0.137. The highest BCUT2D eigenvalue weighted by molar-refractivity contribution is 6.16. The number of carbonyl (C=O) groups is 1. The van der Waals surface area contributed by atoms with Crippen molar-refractivity contribution in [2.24, 2.45) is 10.9 Å². The fraction of sp³-hybridized carbons (Fsp3) is 0.300. The normalized spacial score (nSPS) is 18.0. The van der Waals surface area contributed by atoms with Gasteiger partial charge in [0.15, 0.2) is 17.6 Å². The highest BCUT2D eigenvalue weighted by Gasteiger charge is 2.34. The first-order chi connectivity index (χ1) is 19.8. The number of benzene rings is 2. The van der Waals surface area contributed by atoms with Crippen molar-refractivity contribution in [3.8, 4) is 11.6 Å². The average molecular weight is 561 g/mol. The molecule has 4 aromatic rings. The van der Waals surface area contributed by atoms with Crippen LogP contribution in [0.4, 0.5) is 24.9 Å². The molecule has 1 N–H and O–H groups in total. The van der Waals surface area contributed by atoms with Crippen molar-refractivity contribution in [2.45, 2.75) is 38.5 Å². The van der Waals surface area contributed by atoms with E-state index < -0.39 is 17.9 Å². The third kappa shape index (κ3) is 5.57. The number of hydrogen-bond donors (Lipinski definition) is 1. The highest BCUT2D eigenvalue weighted by Crippen LogP contribution is 2.37. The number of halogens is 3. The number of alkyl halides is 3. The smallest absolute Gasteiger partial charge is 0.402 e. The number of anilines is 2. The lowest BCUT2D eigenvalue weighted by Gasteiger charge is -2.33. The molecule has 2 aliphatic heterocycles. The summed E-state index contributed by atoms with van der Waals surface area (Å²) in [5, 5.41) is 11.0. The fourth-order valence-corrected chi connectivity index (χ4v) is 5.16. The summed E-state index contributed by atoms with van der Waals surface area (Å²) in [6.45, 7) is 3.30. The first kappa shape index (κ1) is 26.7. The summed E-state index contributed by atoms with van der Waals surface area (Å²) >= 11 is 0. The van der Waals surface area contributed by atoms with E-state index in [4.69, 9.17) is 9.41 Å². The van der Waals surface area contributed by atoms with Crippen molar-refractivity contribution in [1.29, 1.82) is 0 Å². The van der Waals surface area contributed by atoms with Gasteiger partial charge in [0.05, 0.1) is 17.0 Å². The Morgan fingerprint density at radius 2 is 1.73 bits per heavy atom. The zero-order valence-electron chi connectivity index (χ0n) is 22.2. The predicted molar refractivity (Wildman–Crippen MR) is 148 cm³/mol. The van der Waals surface area contributed by atoms with Gasteiger partial charge in [0.25, 0.3) is 5.89 Å². The van der Waals surface area contributed by atoms with Gasteiger partial charge in [-0.15, -0.1) is 5.10 Å². The molecule has 1 fully saturated rings. The molecule has 0 radical (unpaired) electrons. The van der Waals surface area contributed by atoms with Gasteiger partial charge in [0, 0.05) is 36.8 Å². The molecule has 11 heteroatoms. The van der Waals surface area contributed by atoms with E-state index in [0.29, 0.717) is 24.7 Å². The molecule has 41 heavy (non-hydrogen) atoms. The van der Waals surface area contributed by atoms with Crippen LogP contribution in [0.1, 0.15) is 42.0 Å². The second-order valence-corrected chi connectivity index (χ2v) is 10.4. The summed E-state index contributed by atoms with van der Waals surface area (Å²) in [7, 11) is 0. The second-order valence-electron chi connectivity index (χ2n) is 10.4. The molecule has 0 saturated carbocycles. The van der Waals surface area contributed by atoms with Crippen LogP contribution in [0, 0.1) is 5.92 Å². The molecule has 1 saturated heterocycles. The molecule has 0 amide bonds. The van der Waals surface area contributed by atoms with Crippen LogP contribution >= 0.6 is 0 Å². The van der Waals surface area contributed by atoms with Gasteiger partial charge in [-0.1, -0.05) is 66.6 Å². The Morgan fingerprint density at radius 3 is 2.49 bits per heavy atom. The maximum absolute atomic E-state index is 13.6. The van der Waals surface area contributed by atoms with Crippen molar-refractivity contribution in [3.63, 3.8) is 0 Å². The topological polar surface area (TPSA) is 96.5 Å². The molecule has 0 bridgehead atoms. The zero-order valence-corrected chi connectivity index (χ0v) is 22.2. The Labute approximate surface area is 234 Å². The number of aromatic nitrogens is 3. The number of carbonyl (C=O) groups excluding carboxylic acids is 1. The van der Waals surface area contributed by atoms with Gasteiger partial charge in [-0.3, -0.25) is 9.79 Å². The Morgan fingerprint density at radius 1 is 1.00 bits per heavy atom. The number of hydrogen-bond acceptors (Lipinski definition) is 8. The largest absolute Gasteiger partial charge is 0.417 e. The monoisotopic (exact) mass is 560 g/mol. The van der Waals surface area contributed by atoms with E-state index in [1.807, 2.05) is 59.5 Å². The molecule has 1 unspecified atom stereocenters. The molecule has 2 aromatic carbocycles. The first-order valence-corrected chi connectivity index (χ1v) is 13.4. The summed E-state index contributed by atoms with van der Waals surface area (Å²) in [4.78, 5) is 24.0. The van der Waals surface area contributed by atoms with Gasteiger partial charge >= 0.3 is 12.2 Å². The lowest BCUT2D eigenvalue weighted by atomic mass is 9.96. The van der Waals surface area contributed by atoms with Crippen molar-refractivity contribution in [2.75, 3.05) is 23.3 Å². The SMILES string of the molecule is CC1CCN(c2cc(C(F)(F)F)cnc2-c2nnc(NC3N=C(c4ccccc4)c4ccccc4CC3=O)o2)CC1. The number of piperidine rings is 1. The quantitative estimate of drug-likeness (QED) is 0.330. The van der Waals surface area contributed by atoms with Crippen LogP contribution in [-0.2, 0) is 17.4 Å². The van der Waals surface area contributed by atoms with Crippen LogP contribution in [0.2, 0.25) is 0 Å². The van der Waals surface area contributed by atoms with Crippen LogP contribution in [0.3, 0.4) is 0 Å². The van der Waals surface area contributed by atoms with Gasteiger partial charge in [0.2, 0.25) is 0 Å². The minimum atomic E-state index is -4.54. The molecule has 0 aliphatic carbocycles. The van der Waals surface area contributed by atoms with E-state index >= 15 is 0 Å². The van der Waals surface area contributed by atoms with Gasteiger partial charge in [-0.25, -0.2) is 4.98 Å².